The molecule has 2 aromatic rings. The van der Waals surface area contributed by atoms with Gasteiger partial charge in [-0.1, -0.05) is 17.7 Å². The molecular weight excluding hydrogens is 474 g/mol. The van der Waals surface area contributed by atoms with Crippen LogP contribution >= 0.6 is 11.6 Å². The molecule has 3 rings (SSSR count). The highest BCUT2D eigenvalue weighted by atomic mass is 35.5. The van der Waals surface area contributed by atoms with Gasteiger partial charge < -0.3 is 19.8 Å². The number of aryl methyl sites for hydroxylation is 1. The highest BCUT2D eigenvalue weighted by Crippen LogP contribution is 2.28. The first-order valence-corrected chi connectivity index (χ1v) is 12.1. The molecule has 2 heterocycles. The fourth-order valence-electron chi connectivity index (χ4n) is 3.38. The fourth-order valence-corrected chi connectivity index (χ4v) is 5.23. The van der Waals surface area contributed by atoms with Crippen molar-refractivity contribution in [1.29, 1.82) is 0 Å². The van der Waals surface area contributed by atoms with Crippen LogP contribution in [-0.2, 0) is 24.3 Å². The van der Waals surface area contributed by atoms with E-state index in [1.807, 2.05) is 6.92 Å². The van der Waals surface area contributed by atoms with E-state index in [-0.39, 0.29) is 31.9 Å². The van der Waals surface area contributed by atoms with Crippen molar-refractivity contribution in [3.8, 4) is 0 Å². The Kier molecular flexibility index (Phi) is 7.77. The van der Waals surface area contributed by atoms with Gasteiger partial charge in [-0.25, -0.2) is 13.2 Å². The average molecular weight is 498 g/mol. The molecule has 1 aliphatic rings. The van der Waals surface area contributed by atoms with E-state index in [1.165, 1.54) is 6.07 Å². The highest BCUT2D eigenvalue weighted by Gasteiger charge is 2.41. The summed E-state index contributed by atoms with van der Waals surface area (Å²) in [6.07, 6.45) is 0.732. The summed E-state index contributed by atoms with van der Waals surface area (Å²) in [6.45, 7) is 3.32. The van der Waals surface area contributed by atoms with Crippen LogP contribution in [0.15, 0.2) is 39.8 Å². The van der Waals surface area contributed by atoms with Crippen molar-refractivity contribution >= 4 is 45.1 Å². The van der Waals surface area contributed by atoms with Crippen LogP contribution in [0, 0.1) is 6.92 Å². The largest absolute Gasteiger partial charge is 0.460 e. The SMILES string of the molecule is CCOC(=O)c1ccc(S(=O)(=O)N2CCCC2C(=O)NCC(=O)Nc2ccc(C)cc2Cl)o1. The summed E-state index contributed by atoms with van der Waals surface area (Å²) < 4.78 is 37.0. The van der Waals surface area contributed by atoms with E-state index in [2.05, 4.69) is 10.6 Å². The van der Waals surface area contributed by atoms with Crippen LogP contribution in [0.2, 0.25) is 5.02 Å². The number of rotatable bonds is 8. The minimum Gasteiger partial charge on any atom is -0.460 e. The summed E-state index contributed by atoms with van der Waals surface area (Å²) in [5.41, 5.74) is 1.33. The molecule has 1 aromatic heterocycles. The summed E-state index contributed by atoms with van der Waals surface area (Å²) in [5, 5.41) is 4.97. The number of furan rings is 1. The van der Waals surface area contributed by atoms with E-state index in [0.29, 0.717) is 17.1 Å². The lowest BCUT2D eigenvalue weighted by Gasteiger charge is -2.22. The predicted molar refractivity (Wildman–Crippen MR) is 119 cm³/mol. The molecule has 1 unspecified atom stereocenters. The van der Waals surface area contributed by atoms with E-state index in [9.17, 15) is 22.8 Å². The van der Waals surface area contributed by atoms with E-state index >= 15 is 0 Å². The molecule has 0 saturated carbocycles. The monoisotopic (exact) mass is 497 g/mol. The lowest BCUT2D eigenvalue weighted by atomic mass is 10.2. The minimum absolute atomic E-state index is 0.0982. The Morgan fingerprint density at radius 1 is 1.24 bits per heavy atom. The normalized spacial score (nSPS) is 16.4. The standard InChI is InChI=1S/C21H24ClN3O7S/c1-3-31-21(28)17-8-9-19(32-17)33(29,30)25-10-4-5-16(25)20(27)23-12-18(26)24-15-7-6-13(2)11-14(15)22/h6-9,11,16H,3-5,10,12H2,1-2H3,(H,23,27)(H,24,26). The fraction of sp³-hybridized carbons (Fsp3) is 0.381. The number of ether oxygens (including phenoxy) is 1. The molecular formula is C21H24ClN3O7S. The number of benzene rings is 1. The summed E-state index contributed by atoms with van der Waals surface area (Å²) in [7, 11) is -4.18. The van der Waals surface area contributed by atoms with E-state index in [1.54, 1.807) is 25.1 Å². The predicted octanol–water partition coefficient (Wildman–Crippen LogP) is 2.33. The van der Waals surface area contributed by atoms with Crippen molar-refractivity contribution < 1.29 is 32.0 Å². The minimum atomic E-state index is -4.18. The maximum Gasteiger partial charge on any atom is 0.374 e. The zero-order valence-electron chi connectivity index (χ0n) is 18.1. The lowest BCUT2D eigenvalue weighted by molar-refractivity contribution is -0.126. The van der Waals surface area contributed by atoms with Crippen molar-refractivity contribution in [3.05, 3.63) is 46.7 Å². The first kappa shape index (κ1) is 24.7. The molecule has 178 valence electrons. The van der Waals surface area contributed by atoms with E-state index < -0.39 is 38.9 Å². The molecule has 0 radical (unpaired) electrons. The van der Waals surface area contributed by atoms with Gasteiger partial charge >= 0.3 is 5.97 Å². The van der Waals surface area contributed by atoms with Crippen LogP contribution in [0.4, 0.5) is 5.69 Å². The van der Waals surface area contributed by atoms with Gasteiger partial charge in [0.15, 0.2) is 0 Å². The highest BCUT2D eigenvalue weighted by molar-refractivity contribution is 7.89. The number of nitrogens with one attached hydrogen (secondary N) is 2. The number of halogens is 1. The lowest BCUT2D eigenvalue weighted by Crippen LogP contribution is -2.47. The Morgan fingerprint density at radius 3 is 2.70 bits per heavy atom. The molecule has 2 amide bonds. The van der Waals surface area contributed by atoms with Crippen molar-refractivity contribution in [1.82, 2.24) is 9.62 Å². The Morgan fingerprint density at radius 2 is 2.00 bits per heavy atom. The van der Waals surface area contributed by atoms with Crippen LogP contribution < -0.4 is 10.6 Å². The summed E-state index contributed by atoms with van der Waals surface area (Å²) >= 11 is 6.09. The van der Waals surface area contributed by atoms with Crippen molar-refractivity contribution in [2.24, 2.45) is 0 Å². The third-order valence-corrected chi connectivity index (χ3v) is 7.04. The number of anilines is 1. The van der Waals surface area contributed by atoms with Gasteiger partial charge in [0, 0.05) is 6.54 Å². The van der Waals surface area contributed by atoms with Crippen molar-refractivity contribution in [2.45, 2.75) is 37.8 Å². The maximum absolute atomic E-state index is 13.0. The zero-order valence-corrected chi connectivity index (χ0v) is 19.7. The van der Waals surface area contributed by atoms with E-state index in [0.717, 1.165) is 15.9 Å². The second kappa shape index (κ2) is 10.4. The molecule has 0 aliphatic carbocycles. The zero-order chi connectivity index (χ0) is 24.2. The molecule has 33 heavy (non-hydrogen) atoms. The van der Waals surface area contributed by atoms with Crippen LogP contribution in [0.1, 0.15) is 35.9 Å². The molecule has 1 aliphatic heterocycles. The third kappa shape index (κ3) is 5.73. The van der Waals surface area contributed by atoms with Crippen LogP contribution in [0.25, 0.3) is 0 Å². The molecule has 10 nitrogen and oxygen atoms in total. The molecule has 0 spiro atoms. The summed E-state index contributed by atoms with van der Waals surface area (Å²) in [5.74, 6) is -2.15. The van der Waals surface area contributed by atoms with Gasteiger partial charge in [0.2, 0.25) is 22.7 Å². The molecule has 1 atom stereocenters. The maximum atomic E-state index is 13.0. The Bertz CT molecular complexity index is 1160. The quantitative estimate of drug-likeness (QED) is 0.534. The Balaban J connectivity index is 1.63. The van der Waals surface area contributed by atoms with E-state index in [4.69, 9.17) is 20.8 Å². The average Bonchev–Trinajstić information content (AvgIpc) is 3.45. The van der Waals surface area contributed by atoms with Crippen molar-refractivity contribution in [2.75, 3.05) is 25.0 Å². The van der Waals surface area contributed by atoms with Crippen LogP contribution in [0.5, 0.6) is 0 Å². The van der Waals surface area contributed by atoms with Gasteiger partial charge in [-0.2, -0.15) is 4.31 Å². The number of amides is 2. The third-order valence-electron chi connectivity index (χ3n) is 4.95. The second-order valence-corrected chi connectivity index (χ2v) is 9.59. The number of sulfonamides is 1. The number of carbonyl (C=O) groups excluding carboxylic acids is 3. The second-order valence-electron chi connectivity index (χ2n) is 7.36. The number of hydrogen-bond acceptors (Lipinski definition) is 7. The Hall–Kier alpha value is -2.89. The van der Waals surface area contributed by atoms with Gasteiger partial charge in [-0.05, 0) is 56.5 Å². The Labute approximate surface area is 196 Å². The molecule has 1 fully saturated rings. The first-order chi connectivity index (χ1) is 15.6. The summed E-state index contributed by atoms with van der Waals surface area (Å²) in [6, 6.07) is 6.46. The smallest absolute Gasteiger partial charge is 0.374 e. The summed E-state index contributed by atoms with van der Waals surface area (Å²) in [4.78, 5) is 36.6. The number of hydrogen-bond donors (Lipinski definition) is 2. The van der Waals surface area contributed by atoms with Gasteiger partial charge in [-0.3, -0.25) is 9.59 Å². The topological polar surface area (TPSA) is 135 Å². The van der Waals surface area contributed by atoms with Gasteiger partial charge in [0.1, 0.15) is 6.04 Å². The van der Waals surface area contributed by atoms with Crippen molar-refractivity contribution in [3.63, 3.8) is 0 Å². The molecule has 1 saturated heterocycles. The van der Waals surface area contributed by atoms with Gasteiger partial charge in [-0.15, -0.1) is 0 Å². The molecule has 2 N–H and O–H groups in total. The molecule has 12 heteroatoms. The first-order valence-electron chi connectivity index (χ1n) is 10.3. The number of esters is 1. The van der Waals surface area contributed by atoms with Crippen LogP contribution in [-0.4, -0.2) is 56.2 Å². The van der Waals surface area contributed by atoms with Gasteiger partial charge in [0.25, 0.3) is 10.0 Å². The number of nitrogens with zero attached hydrogens (tertiary/aromatic N) is 1. The van der Waals surface area contributed by atoms with Gasteiger partial charge in [0.05, 0.1) is 23.9 Å². The molecule has 1 aromatic carbocycles. The molecule has 0 bridgehead atoms. The van der Waals surface area contributed by atoms with Crippen LogP contribution in [0.3, 0.4) is 0 Å². The number of carbonyl (C=O) groups is 3.